The molecule has 8 nitrogen and oxygen atoms in total. The van der Waals surface area contributed by atoms with Crippen LogP contribution in [0, 0.1) is 0 Å². The number of unbranched alkanes of at least 4 members (excludes halogenated alkanes) is 15. The summed E-state index contributed by atoms with van der Waals surface area (Å²) in [6.45, 7) is 4.69. The van der Waals surface area contributed by atoms with Crippen LogP contribution in [0.5, 0.6) is 0 Å². The summed E-state index contributed by atoms with van der Waals surface area (Å²) in [6.07, 6.45) is 33.6. The first-order valence-corrected chi connectivity index (χ1v) is 19.9. The smallest absolute Gasteiger partial charge is 0.387 e. The molecule has 0 aliphatic heterocycles. The number of carbonyl (C=O) groups is 1. The van der Waals surface area contributed by atoms with Crippen LogP contribution < -0.4 is 5.32 Å². The number of aliphatic hydroxyl groups excluding tert-OH is 1. The van der Waals surface area contributed by atoms with Crippen LogP contribution in [0.25, 0.3) is 0 Å². The van der Waals surface area contributed by atoms with Crippen molar-refractivity contribution in [1.29, 1.82) is 0 Å². The van der Waals surface area contributed by atoms with Crippen LogP contribution in [0.3, 0.4) is 0 Å². The molecule has 3 atom stereocenters. The Morgan fingerprint density at radius 3 is 1.78 bits per heavy atom. The Morgan fingerprint density at radius 2 is 1.20 bits per heavy atom. The van der Waals surface area contributed by atoms with Crippen LogP contribution in [0.15, 0.2) is 36.5 Å². The highest BCUT2D eigenvalue weighted by Gasteiger charge is 2.27. The largest absolute Gasteiger partial charge is 0.472 e. The summed E-state index contributed by atoms with van der Waals surface area (Å²) in [4.78, 5) is 22.9. The molecule has 0 aromatic heterocycles. The quantitative estimate of drug-likeness (QED) is 0.0285. The second-order valence-corrected chi connectivity index (χ2v) is 15.0. The van der Waals surface area contributed by atoms with Crippen molar-refractivity contribution < 1.29 is 32.9 Å². The summed E-state index contributed by atoms with van der Waals surface area (Å²) in [5, 5.41) is 13.6. The fourth-order valence-corrected chi connectivity index (χ4v) is 5.55. The van der Waals surface area contributed by atoms with E-state index in [0.717, 1.165) is 51.4 Å². The molecule has 0 saturated heterocycles. The number of rotatable bonds is 32. The summed E-state index contributed by atoms with van der Waals surface area (Å²) in [5.74, 6) is -0.201. The highest BCUT2D eigenvalue weighted by molar-refractivity contribution is 7.47. The van der Waals surface area contributed by atoms with Gasteiger partial charge in [-0.1, -0.05) is 115 Å². The van der Waals surface area contributed by atoms with Gasteiger partial charge in [0.25, 0.3) is 0 Å². The van der Waals surface area contributed by atoms with Gasteiger partial charge >= 0.3 is 7.82 Å². The normalized spacial score (nSPS) is 15.2. The van der Waals surface area contributed by atoms with E-state index in [2.05, 4.69) is 43.5 Å². The minimum Gasteiger partial charge on any atom is -0.387 e. The first-order valence-electron chi connectivity index (χ1n) is 18.4. The molecular weight excluding hydrogens is 599 g/mol. The molecule has 0 bridgehead atoms. The lowest BCUT2D eigenvalue weighted by Crippen LogP contribution is -2.45. The Hall–Kier alpha value is -1.28. The minimum atomic E-state index is -4.33. The van der Waals surface area contributed by atoms with Crippen LogP contribution in [-0.2, 0) is 18.4 Å². The molecule has 0 spiro atoms. The van der Waals surface area contributed by atoms with E-state index in [1.54, 1.807) is 6.08 Å². The number of phosphoric acid groups is 1. The van der Waals surface area contributed by atoms with Gasteiger partial charge in [0.1, 0.15) is 13.2 Å². The summed E-state index contributed by atoms with van der Waals surface area (Å²) in [7, 11) is 1.54. The van der Waals surface area contributed by atoms with Crippen molar-refractivity contribution in [3.8, 4) is 0 Å². The fraction of sp³-hybridized carbons (Fsp3) is 0.811. The van der Waals surface area contributed by atoms with E-state index < -0.39 is 20.0 Å². The molecule has 0 fully saturated rings. The van der Waals surface area contributed by atoms with Crippen molar-refractivity contribution in [2.75, 3.05) is 40.9 Å². The Labute approximate surface area is 283 Å². The molecule has 0 aromatic carbocycles. The third kappa shape index (κ3) is 31.3. The molecule has 0 aromatic rings. The predicted octanol–water partition coefficient (Wildman–Crippen LogP) is 9.18. The third-order valence-electron chi connectivity index (χ3n) is 7.83. The molecule has 0 rings (SSSR count). The van der Waals surface area contributed by atoms with Gasteiger partial charge in [-0.15, -0.1) is 0 Å². The van der Waals surface area contributed by atoms with Gasteiger partial charge in [-0.2, -0.15) is 0 Å². The summed E-state index contributed by atoms with van der Waals surface area (Å²) in [6, 6.07) is -0.862. The first kappa shape index (κ1) is 44.7. The molecule has 0 aliphatic rings. The Balaban J connectivity index is 4.55. The number of amides is 1. The number of allylic oxidation sites excluding steroid dienone is 5. The fourth-order valence-electron chi connectivity index (χ4n) is 4.81. The molecule has 9 heteroatoms. The van der Waals surface area contributed by atoms with Crippen molar-refractivity contribution in [2.24, 2.45) is 0 Å². The lowest BCUT2D eigenvalue weighted by atomic mass is 10.1. The number of likely N-dealkylation sites (N-methyl/N-ethyl adjacent to an activating group) is 1. The number of carbonyl (C=O) groups excluding carboxylic acids is 1. The maximum atomic E-state index is 12.7. The van der Waals surface area contributed by atoms with E-state index in [9.17, 15) is 19.4 Å². The number of hydrogen-bond donors (Lipinski definition) is 3. The molecule has 0 heterocycles. The van der Waals surface area contributed by atoms with Gasteiger partial charge in [-0.05, 0) is 57.8 Å². The van der Waals surface area contributed by atoms with Crippen LogP contribution in [0.2, 0.25) is 0 Å². The third-order valence-corrected chi connectivity index (χ3v) is 8.82. The number of quaternary nitrogens is 1. The average molecular weight is 672 g/mol. The van der Waals surface area contributed by atoms with Crippen molar-refractivity contribution in [3.05, 3.63) is 36.5 Å². The van der Waals surface area contributed by atoms with Gasteiger partial charge in [0, 0.05) is 6.42 Å². The maximum Gasteiger partial charge on any atom is 0.472 e. The standard InChI is InChI=1S/C37H71N2O6P/c1-6-8-10-12-14-16-17-18-19-20-21-23-25-27-29-31-37(41)38-35(34-45-46(42,43)44-33-32-39(3,4)5)36(40)30-28-26-24-22-15-13-11-9-7-2/h15,18-19,22,28,30,35-36,40H,6-14,16-17,20-21,23-27,29,31-34H2,1-5H3,(H-,38,41,42,43)/p+1/b19-18-,22-15+,30-28+. The summed E-state index contributed by atoms with van der Waals surface area (Å²) < 4.78 is 23.3. The second-order valence-electron chi connectivity index (χ2n) is 13.6. The SMILES string of the molecule is CCCCC/C=C/CC/C=C/C(O)C(COP(=O)(O)OCC[N+](C)(C)C)NC(=O)CCCCCCC/C=C\CCCCCCCC. The molecule has 3 unspecified atom stereocenters. The van der Waals surface area contributed by atoms with E-state index in [4.69, 9.17) is 9.05 Å². The Kier molecular flexibility index (Phi) is 29.0. The molecule has 0 saturated carbocycles. The number of nitrogens with zero attached hydrogens (tertiary/aromatic N) is 1. The maximum absolute atomic E-state index is 12.7. The Morgan fingerprint density at radius 1 is 0.717 bits per heavy atom. The zero-order valence-corrected chi connectivity index (χ0v) is 31.2. The van der Waals surface area contributed by atoms with Crippen molar-refractivity contribution in [3.63, 3.8) is 0 Å². The van der Waals surface area contributed by atoms with E-state index in [-0.39, 0.29) is 19.1 Å². The average Bonchev–Trinajstić information content (AvgIpc) is 2.99. The highest BCUT2D eigenvalue weighted by Crippen LogP contribution is 2.43. The van der Waals surface area contributed by atoms with Gasteiger partial charge in [0.2, 0.25) is 5.91 Å². The van der Waals surface area contributed by atoms with Crippen LogP contribution >= 0.6 is 7.82 Å². The van der Waals surface area contributed by atoms with Gasteiger partial charge < -0.3 is 19.8 Å². The van der Waals surface area contributed by atoms with Crippen LogP contribution in [-0.4, -0.2) is 73.4 Å². The van der Waals surface area contributed by atoms with E-state index in [1.807, 2.05) is 27.2 Å². The minimum absolute atomic E-state index is 0.0538. The summed E-state index contributed by atoms with van der Waals surface area (Å²) >= 11 is 0. The van der Waals surface area contributed by atoms with E-state index >= 15 is 0 Å². The van der Waals surface area contributed by atoms with E-state index in [0.29, 0.717) is 17.4 Å². The summed E-state index contributed by atoms with van der Waals surface area (Å²) in [5.41, 5.74) is 0. The van der Waals surface area contributed by atoms with Gasteiger partial charge in [0.15, 0.2) is 0 Å². The zero-order valence-electron chi connectivity index (χ0n) is 30.3. The second kappa shape index (κ2) is 29.8. The molecule has 0 radical (unpaired) electrons. The highest BCUT2D eigenvalue weighted by atomic mass is 31.2. The predicted molar refractivity (Wildman–Crippen MR) is 194 cm³/mol. The molecule has 46 heavy (non-hydrogen) atoms. The zero-order chi connectivity index (χ0) is 34.4. The Bertz CT molecular complexity index is 855. The lowest BCUT2D eigenvalue weighted by molar-refractivity contribution is -0.870. The first-order chi connectivity index (χ1) is 22.0. The number of phosphoric ester groups is 1. The molecule has 0 aliphatic carbocycles. The lowest BCUT2D eigenvalue weighted by Gasteiger charge is -2.25. The molecular formula is C37H72N2O6P+. The van der Waals surface area contributed by atoms with Crippen LogP contribution in [0.1, 0.15) is 142 Å². The van der Waals surface area contributed by atoms with Crippen molar-refractivity contribution in [1.82, 2.24) is 5.32 Å². The van der Waals surface area contributed by atoms with E-state index in [1.165, 1.54) is 70.6 Å². The number of hydrogen-bond acceptors (Lipinski definition) is 5. The van der Waals surface area contributed by atoms with Gasteiger partial charge in [-0.25, -0.2) is 4.57 Å². The molecule has 3 N–H and O–H groups in total. The molecule has 270 valence electrons. The topological polar surface area (TPSA) is 105 Å². The van der Waals surface area contributed by atoms with Crippen molar-refractivity contribution >= 4 is 13.7 Å². The van der Waals surface area contributed by atoms with Crippen LogP contribution in [0.4, 0.5) is 0 Å². The van der Waals surface area contributed by atoms with Gasteiger partial charge in [0.05, 0.1) is 39.9 Å². The molecule has 1 amide bonds. The number of nitrogens with one attached hydrogen (secondary N) is 1. The monoisotopic (exact) mass is 672 g/mol. The van der Waals surface area contributed by atoms with Gasteiger partial charge in [-0.3, -0.25) is 13.8 Å². The van der Waals surface area contributed by atoms with Crippen molar-refractivity contribution in [2.45, 2.75) is 154 Å². The number of aliphatic hydroxyl groups is 1.